The van der Waals surface area contributed by atoms with E-state index in [9.17, 15) is 18.0 Å². The molecule has 0 aliphatic carbocycles. The smallest absolute Gasteiger partial charge is 0.317 e. The fourth-order valence-corrected chi connectivity index (χ4v) is 2.21. The number of aromatic nitrogens is 2. The van der Waals surface area contributed by atoms with Crippen molar-refractivity contribution < 1.29 is 18.0 Å². The zero-order chi connectivity index (χ0) is 13.5. The third kappa shape index (κ3) is 2.28. The van der Waals surface area contributed by atoms with Crippen LogP contribution >= 0.6 is 22.6 Å². The predicted molar refractivity (Wildman–Crippen MR) is 68.1 cm³/mol. The molecule has 1 heterocycles. The minimum absolute atomic E-state index is 0.124. The van der Waals surface area contributed by atoms with Crippen LogP contribution in [0.2, 0.25) is 0 Å². The van der Waals surface area contributed by atoms with Gasteiger partial charge in [0, 0.05) is 16.0 Å². The van der Waals surface area contributed by atoms with Crippen molar-refractivity contribution in [3.63, 3.8) is 0 Å². The average molecular weight is 369 g/mol. The number of fused-ring (bicyclic) bond motifs is 1. The molecule has 1 aromatic carbocycles. The Bertz CT molecular complexity index is 621. The number of hydrogen-bond donors (Lipinski definition) is 1. The molecule has 0 bridgehead atoms. The van der Waals surface area contributed by atoms with E-state index < -0.39 is 12.1 Å². The summed E-state index contributed by atoms with van der Waals surface area (Å²) >= 11 is 1.88. The molecule has 8 heteroatoms. The van der Waals surface area contributed by atoms with E-state index in [0.717, 1.165) is 5.52 Å². The molecule has 0 aliphatic heterocycles. The van der Waals surface area contributed by atoms with Gasteiger partial charge in [-0.15, -0.1) is 0 Å². The molecule has 2 rings (SSSR count). The van der Waals surface area contributed by atoms with Crippen molar-refractivity contribution in [1.29, 1.82) is 0 Å². The van der Waals surface area contributed by atoms with E-state index >= 15 is 0 Å². The second-order valence-electron chi connectivity index (χ2n) is 3.58. The molecule has 0 fully saturated rings. The summed E-state index contributed by atoms with van der Waals surface area (Å²) in [6.07, 6.45) is -3.35. The Labute approximate surface area is 113 Å². The quantitative estimate of drug-likeness (QED) is 0.786. The van der Waals surface area contributed by atoms with Crippen LogP contribution in [0.5, 0.6) is 0 Å². The van der Waals surface area contributed by atoms with Crippen molar-refractivity contribution >= 4 is 45.1 Å². The number of halogens is 4. The van der Waals surface area contributed by atoms with Crippen LogP contribution in [0, 0.1) is 3.57 Å². The van der Waals surface area contributed by atoms with Gasteiger partial charge < -0.3 is 5.32 Å². The molecular formula is C10H7F3IN3O. The highest BCUT2D eigenvalue weighted by atomic mass is 127. The molecule has 4 nitrogen and oxygen atoms in total. The number of anilines is 1. The Morgan fingerprint density at radius 3 is 2.72 bits per heavy atom. The summed E-state index contributed by atoms with van der Waals surface area (Å²) in [5.74, 6) is -1.98. The van der Waals surface area contributed by atoms with Crippen molar-refractivity contribution in [2.45, 2.75) is 6.18 Å². The van der Waals surface area contributed by atoms with Crippen LogP contribution in [0.15, 0.2) is 18.3 Å². The Hall–Kier alpha value is -1.32. The van der Waals surface area contributed by atoms with Gasteiger partial charge in [0.2, 0.25) is 0 Å². The molecule has 0 saturated heterocycles. The Morgan fingerprint density at radius 1 is 1.44 bits per heavy atom. The summed E-state index contributed by atoms with van der Waals surface area (Å²) in [6, 6.07) is 3.03. The summed E-state index contributed by atoms with van der Waals surface area (Å²) in [5.41, 5.74) is 0.905. The third-order valence-corrected chi connectivity index (χ3v) is 3.53. The van der Waals surface area contributed by atoms with Gasteiger partial charge in [-0.2, -0.15) is 18.3 Å². The van der Waals surface area contributed by atoms with Crippen molar-refractivity contribution in [1.82, 2.24) is 9.78 Å². The van der Waals surface area contributed by atoms with Crippen LogP contribution in [0.3, 0.4) is 0 Å². The summed E-state index contributed by atoms with van der Waals surface area (Å²) in [4.78, 5) is 10.9. The lowest BCUT2D eigenvalue weighted by Crippen LogP contribution is -2.30. The predicted octanol–water partition coefficient (Wildman–Crippen LogP) is 2.68. The summed E-state index contributed by atoms with van der Waals surface area (Å²) < 4.78 is 38.6. The highest BCUT2D eigenvalue weighted by molar-refractivity contribution is 14.1. The van der Waals surface area contributed by atoms with Gasteiger partial charge in [0.25, 0.3) is 0 Å². The topological polar surface area (TPSA) is 46.9 Å². The van der Waals surface area contributed by atoms with Gasteiger partial charge in [0.1, 0.15) is 0 Å². The van der Waals surface area contributed by atoms with Gasteiger partial charge in [-0.25, -0.2) is 0 Å². The highest BCUT2D eigenvalue weighted by Gasteiger charge is 2.39. The Balaban J connectivity index is 2.41. The lowest BCUT2D eigenvalue weighted by molar-refractivity contribution is -0.167. The monoisotopic (exact) mass is 369 g/mol. The highest BCUT2D eigenvalue weighted by Crippen LogP contribution is 2.28. The van der Waals surface area contributed by atoms with E-state index in [1.807, 2.05) is 27.9 Å². The van der Waals surface area contributed by atoms with Gasteiger partial charge in [-0.1, -0.05) is 0 Å². The number of amides is 1. The first kappa shape index (κ1) is 13.1. The Kier molecular flexibility index (Phi) is 3.21. The van der Waals surface area contributed by atoms with Crippen LogP contribution in [0.1, 0.15) is 0 Å². The zero-order valence-corrected chi connectivity index (χ0v) is 11.2. The van der Waals surface area contributed by atoms with Crippen molar-refractivity contribution in [3.8, 4) is 0 Å². The Morgan fingerprint density at radius 2 is 2.11 bits per heavy atom. The first-order chi connectivity index (χ1) is 8.30. The van der Waals surface area contributed by atoms with E-state index in [-0.39, 0.29) is 5.69 Å². The standard InChI is InChI=1S/C10H7F3IN3O/c1-17-7-3-2-6(8(14)5(7)4-15-17)16-9(18)10(11,12)13/h2-4H,1H3,(H,16,18). The van der Waals surface area contributed by atoms with Crippen LogP contribution in [-0.4, -0.2) is 21.9 Å². The first-order valence-electron chi connectivity index (χ1n) is 4.79. The molecule has 1 amide bonds. The number of nitrogens with zero attached hydrogens (tertiary/aromatic N) is 2. The number of nitrogens with one attached hydrogen (secondary N) is 1. The van der Waals surface area contributed by atoms with E-state index in [1.165, 1.54) is 6.07 Å². The van der Waals surface area contributed by atoms with E-state index in [0.29, 0.717) is 8.96 Å². The minimum Gasteiger partial charge on any atom is -0.317 e. The van der Waals surface area contributed by atoms with E-state index in [1.54, 1.807) is 24.0 Å². The van der Waals surface area contributed by atoms with Gasteiger partial charge >= 0.3 is 12.1 Å². The van der Waals surface area contributed by atoms with E-state index in [4.69, 9.17) is 0 Å². The average Bonchev–Trinajstić information content (AvgIpc) is 2.64. The summed E-state index contributed by atoms with van der Waals surface area (Å²) in [6.45, 7) is 0. The number of hydrogen-bond acceptors (Lipinski definition) is 2. The van der Waals surface area contributed by atoms with Crippen LogP contribution in [0.25, 0.3) is 10.9 Å². The number of alkyl halides is 3. The van der Waals surface area contributed by atoms with Crippen LogP contribution < -0.4 is 5.32 Å². The molecule has 0 saturated carbocycles. The zero-order valence-electron chi connectivity index (χ0n) is 9.05. The van der Waals surface area contributed by atoms with Gasteiger partial charge in [-0.05, 0) is 34.7 Å². The fourth-order valence-electron chi connectivity index (χ4n) is 1.48. The summed E-state index contributed by atoms with van der Waals surface area (Å²) in [5, 5.41) is 6.54. The molecule has 1 N–H and O–H groups in total. The molecule has 0 unspecified atom stereocenters. The molecule has 18 heavy (non-hydrogen) atoms. The normalized spacial score (nSPS) is 11.8. The molecular weight excluding hydrogens is 362 g/mol. The SMILES string of the molecule is Cn1ncc2c(I)c(NC(=O)C(F)(F)F)ccc21. The lowest BCUT2D eigenvalue weighted by Gasteiger charge is -2.10. The van der Waals surface area contributed by atoms with Crippen LogP contribution in [0.4, 0.5) is 18.9 Å². The summed E-state index contributed by atoms with van der Waals surface area (Å²) in [7, 11) is 1.73. The number of benzene rings is 1. The van der Waals surface area contributed by atoms with Crippen LogP contribution in [-0.2, 0) is 11.8 Å². The number of aryl methyl sites for hydroxylation is 1. The van der Waals surface area contributed by atoms with Crippen molar-refractivity contribution in [2.75, 3.05) is 5.32 Å². The van der Waals surface area contributed by atoms with Gasteiger partial charge in [0.05, 0.1) is 17.4 Å². The maximum Gasteiger partial charge on any atom is 0.471 e. The van der Waals surface area contributed by atoms with Gasteiger partial charge in [-0.3, -0.25) is 9.48 Å². The molecule has 2 aromatic rings. The second kappa shape index (κ2) is 4.41. The third-order valence-electron chi connectivity index (χ3n) is 2.37. The van der Waals surface area contributed by atoms with Crippen molar-refractivity contribution in [3.05, 3.63) is 21.9 Å². The van der Waals surface area contributed by atoms with E-state index in [2.05, 4.69) is 5.10 Å². The molecule has 0 radical (unpaired) electrons. The number of carbonyl (C=O) groups excluding carboxylic acids is 1. The fraction of sp³-hybridized carbons (Fsp3) is 0.200. The molecule has 0 atom stereocenters. The molecule has 1 aromatic heterocycles. The lowest BCUT2D eigenvalue weighted by atomic mass is 10.2. The maximum absolute atomic E-state index is 12.2. The number of carbonyl (C=O) groups is 1. The maximum atomic E-state index is 12.2. The second-order valence-corrected chi connectivity index (χ2v) is 4.66. The minimum atomic E-state index is -4.90. The molecule has 0 spiro atoms. The molecule has 0 aliphatic rings. The molecule has 96 valence electrons. The first-order valence-corrected chi connectivity index (χ1v) is 5.87. The number of rotatable bonds is 1. The van der Waals surface area contributed by atoms with Gasteiger partial charge in [0.15, 0.2) is 0 Å². The largest absolute Gasteiger partial charge is 0.471 e. The van der Waals surface area contributed by atoms with Crippen molar-refractivity contribution in [2.24, 2.45) is 7.05 Å².